The summed E-state index contributed by atoms with van der Waals surface area (Å²) in [6.07, 6.45) is 0. The molecule has 0 saturated carbocycles. The van der Waals surface area contributed by atoms with Crippen LogP contribution in [0, 0.1) is 13.8 Å². The Morgan fingerprint density at radius 2 is 1.71 bits per heavy atom. The standard InChI is InChI=1S/C26H22N2O3/c1-17-9-8-12-20(15-17)26(30)21-13-6-7-14-23(21)28(25(26)29)16-22-18(2)31-24(27-22)19-10-4-3-5-11-19/h3-15,30H,16H2,1-2H3/t26-/m1/s1. The Bertz CT molecular complexity index is 1280. The van der Waals surface area contributed by atoms with Crippen molar-refractivity contribution in [3.63, 3.8) is 0 Å². The molecule has 1 amide bonds. The zero-order valence-corrected chi connectivity index (χ0v) is 17.4. The van der Waals surface area contributed by atoms with Gasteiger partial charge in [-0.05, 0) is 37.6 Å². The van der Waals surface area contributed by atoms with Crippen LogP contribution < -0.4 is 4.90 Å². The molecular weight excluding hydrogens is 388 g/mol. The summed E-state index contributed by atoms with van der Waals surface area (Å²) in [5.74, 6) is 0.778. The minimum atomic E-state index is -1.73. The number of aryl methyl sites for hydroxylation is 2. The fourth-order valence-corrected chi connectivity index (χ4v) is 4.17. The van der Waals surface area contributed by atoms with Crippen LogP contribution in [0.5, 0.6) is 0 Å². The fourth-order valence-electron chi connectivity index (χ4n) is 4.17. The van der Waals surface area contributed by atoms with Gasteiger partial charge in [0.15, 0.2) is 5.60 Å². The summed E-state index contributed by atoms with van der Waals surface area (Å²) in [5, 5.41) is 11.7. The van der Waals surface area contributed by atoms with Crippen molar-refractivity contribution in [3.05, 3.63) is 107 Å². The van der Waals surface area contributed by atoms with Crippen molar-refractivity contribution in [2.45, 2.75) is 26.0 Å². The molecule has 0 aliphatic carbocycles. The topological polar surface area (TPSA) is 66.6 Å². The predicted molar refractivity (Wildman–Crippen MR) is 118 cm³/mol. The van der Waals surface area contributed by atoms with E-state index in [1.165, 1.54) is 0 Å². The molecule has 5 rings (SSSR count). The van der Waals surface area contributed by atoms with Gasteiger partial charge in [-0.25, -0.2) is 4.98 Å². The third-order valence-corrected chi connectivity index (χ3v) is 5.80. The van der Waals surface area contributed by atoms with Gasteiger partial charge in [-0.15, -0.1) is 0 Å². The number of rotatable bonds is 4. The van der Waals surface area contributed by atoms with E-state index in [4.69, 9.17) is 4.42 Å². The van der Waals surface area contributed by atoms with Crippen LogP contribution in [-0.4, -0.2) is 16.0 Å². The molecule has 1 aliphatic rings. The summed E-state index contributed by atoms with van der Waals surface area (Å²) in [6.45, 7) is 4.00. The average molecular weight is 410 g/mol. The first-order chi connectivity index (χ1) is 15.0. The molecule has 154 valence electrons. The van der Waals surface area contributed by atoms with E-state index in [9.17, 15) is 9.90 Å². The summed E-state index contributed by atoms with van der Waals surface area (Å²) in [5.41, 5.74) is 2.61. The van der Waals surface area contributed by atoms with Gasteiger partial charge >= 0.3 is 0 Å². The zero-order chi connectivity index (χ0) is 21.6. The summed E-state index contributed by atoms with van der Waals surface area (Å²) in [7, 11) is 0. The number of para-hydroxylation sites is 1. The van der Waals surface area contributed by atoms with Crippen LogP contribution in [0.3, 0.4) is 0 Å². The van der Waals surface area contributed by atoms with Gasteiger partial charge in [-0.2, -0.15) is 0 Å². The Morgan fingerprint density at radius 3 is 2.48 bits per heavy atom. The molecule has 0 radical (unpaired) electrons. The van der Waals surface area contributed by atoms with Crippen LogP contribution in [0.2, 0.25) is 0 Å². The molecular formula is C26H22N2O3. The lowest BCUT2D eigenvalue weighted by molar-refractivity contribution is -0.132. The maximum absolute atomic E-state index is 13.6. The van der Waals surface area contributed by atoms with Crippen molar-refractivity contribution in [1.82, 2.24) is 4.98 Å². The Morgan fingerprint density at radius 1 is 0.968 bits per heavy atom. The van der Waals surface area contributed by atoms with E-state index in [2.05, 4.69) is 4.98 Å². The summed E-state index contributed by atoms with van der Waals surface area (Å²) < 4.78 is 5.87. The Labute approximate surface area is 180 Å². The van der Waals surface area contributed by atoms with Gasteiger partial charge in [0, 0.05) is 11.1 Å². The highest BCUT2D eigenvalue weighted by atomic mass is 16.4. The monoisotopic (exact) mass is 410 g/mol. The van der Waals surface area contributed by atoms with Gasteiger partial charge in [-0.3, -0.25) is 4.79 Å². The molecule has 4 aromatic rings. The van der Waals surface area contributed by atoms with Gasteiger partial charge in [0.25, 0.3) is 5.91 Å². The normalized spacial score (nSPS) is 17.8. The Balaban J connectivity index is 1.56. The molecule has 31 heavy (non-hydrogen) atoms. The molecule has 0 bridgehead atoms. The summed E-state index contributed by atoms with van der Waals surface area (Å²) in [6, 6.07) is 24.5. The van der Waals surface area contributed by atoms with Gasteiger partial charge in [-0.1, -0.05) is 66.2 Å². The molecule has 0 saturated heterocycles. The quantitative estimate of drug-likeness (QED) is 0.528. The molecule has 1 atom stereocenters. The van der Waals surface area contributed by atoms with Gasteiger partial charge in [0.05, 0.1) is 12.2 Å². The van der Waals surface area contributed by atoms with Gasteiger partial charge in [0.2, 0.25) is 5.89 Å². The second-order valence-corrected chi connectivity index (χ2v) is 7.88. The van der Waals surface area contributed by atoms with Gasteiger partial charge < -0.3 is 14.4 Å². The maximum atomic E-state index is 13.6. The van der Waals surface area contributed by atoms with E-state index in [0.29, 0.717) is 34.2 Å². The number of aliphatic hydroxyl groups is 1. The van der Waals surface area contributed by atoms with E-state index in [-0.39, 0.29) is 12.5 Å². The number of hydrogen-bond donors (Lipinski definition) is 1. The SMILES string of the molecule is Cc1cccc([C@]2(O)C(=O)N(Cc3nc(-c4ccccc4)oc3C)c3ccccc32)c1. The molecule has 0 unspecified atom stereocenters. The molecule has 0 spiro atoms. The summed E-state index contributed by atoms with van der Waals surface area (Å²) >= 11 is 0. The van der Waals surface area contributed by atoms with Crippen molar-refractivity contribution in [2.24, 2.45) is 0 Å². The number of anilines is 1. The second-order valence-electron chi connectivity index (χ2n) is 7.88. The van der Waals surface area contributed by atoms with Crippen LogP contribution in [0.25, 0.3) is 11.5 Å². The van der Waals surface area contributed by atoms with Crippen molar-refractivity contribution in [3.8, 4) is 11.5 Å². The van der Waals surface area contributed by atoms with E-state index in [0.717, 1.165) is 11.1 Å². The van der Waals surface area contributed by atoms with Crippen LogP contribution in [-0.2, 0) is 16.9 Å². The molecule has 3 aromatic carbocycles. The lowest BCUT2D eigenvalue weighted by atomic mass is 9.87. The minimum Gasteiger partial charge on any atom is -0.441 e. The number of carbonyl (C=O) groups is 1. The molecule has 0 fully saturated rings. The van der Waals surface area contributed by atoms with Crippen molar-refractivity contribution >= 4 is 11.6 Å². The number of aromatic nitrogens is 1. The number of nitrogens with zero attached hydrogens (tertiary/aromatic N) is 2. The van der Waals surface area contributed by atoms with Crippen LogP contribution in [0.15, 0.2) is 83.3 Å². The van der Waals surface area contributed by atoms with Crippen LogP contribution >= 0.6 is 0 Å². The highest BCUT2D eigenvalue weighted by molar-refractivity contribution is 6.09. The van der Waals surface area contributed by atoms with Crippen molar-refractivity contribution < 1.29 is 14.3 Å². The molecule has 5 heteroatoms. The first kappa shape index (κ1) is 19.3. The smallest absolute Gasteiger partial charge is 0.268 e. The number of oxazole rings is 1. The predicted octanol–water partition coefficient (Wildman–Crippen LogP) is 4.74. The van der Waals surface area contributed by atoms with Crippen molar-refractivity contribution in [2.75, 3.05) is 4.90 Å². The first-order valence-electron chi connectivity index (χ1n) is 10.2. The van der Waals surface area contributed by atoms with E-state index >= 15 is 0 Å². The minimum absolute atomic E-state index is 0.214. The number of fused-ring (bicyclic) bond motifs is 1. The Hall–Kier alpha value is -3.70. The maximum Gasteiger partial charge on any atom is 0.268 e. The molecule has 2 heterocycles. The summed E-state index contributed by atoms with van der Waals surface area (Å²) in [4.78, 5) is 19.8. The van der Waals surface area contributed by atoms with E-state index in [1.807, 2.05) is 80.6 Å². The third kappa shape index (κ3) is 3.05. The lowest BCUT2D eigenvalue weighted by Gasteiger charge is -2.24. The first-order valence-corrected chi connectivity index (χ1v) is 10.2. The molecule has 1 N–H and O–H groups in total. The zero-order valence-electron chi connectivity index (χ0n) is 17.4. The number of carbonyl (C=O) groups excluding carboxylic acids is 1. The van der Waals surface area contributed by atoms with E-state index < -0.39 is 5.60 Å². The lowest BCUT2D eigenvalue weighted by Crippen LogP contribution is -2.41. The fraction of sp³-hybridized carbons (Fsp3) is 0.154. The van der Waals surface area contributed by atoms with Crippen LogP contribution in [0.1, 0.15) is 28.1 Å². The molecule has 1 aromatic heterocycles. The second kappa shape index (κ2) is 7.22. The number of amides is 1. The molecule has 1 aliphatic heterocycles. The highest BCUT2D eigenvalue weighted by Crippen LogP contribution is 2.45. The van der Waals surface area contributed by atoms with Crippen molar-refractivity contribution in [1.29, 1.82) is 0 Å². The number of benzene rings is 3. The largest absolute Gasteiger partial charge is 0.441 e. The van der Waals surface area contributed by atoms with Crippen LogP contribution in [0.4, 0.5) is 5.69 Å². The molecule has 5 nitrogen and oxygen atoms in total. The van der Waals surface area contributed by atoms with Gasteiger partial charge in [0.1, 0.15) is 11.5 Å². The van der Waals surface area contributed by atoms with E-state index in [1.54, 1.807) is 17.0 Å². The third-order valence-electron chi connectivity index (χ3n) is 5.80. The highest BCUT2D eigenvalue weighted by Gasteiger charge is 2.51. The number of hydrogen-bond acceptors (Lipinski definition) is 4. The average Bonchev–Trinajstić information content (AvgIpc) is 3.26. The Kier molecular flexibility index (Phi) is 4.49.